The topological polar surface area (TPSA) is 52.6 Å². The van der Waals surface area contributed by atoms with Gasteiger partial charge in [-0.1, -0.05) is 117 Å². The molecule has 32 heavy (non-hydrogen) atoms. The molecule has 0 aromatic rings. The van der Waals surface area contributed by atoms with E-state index < -0.39 is 12.2 Å². The monoisotopic (exact) mass is 454 g/mol. The molecule has 2 atom stereocenters. The Morgan fingerprint density at radius 1 is 0.469 bits per heavy atom. The van der Waals surface area contributed by atoms with Gasteiger partial charge in [-0.3, -0.25) is 9.59 Å². The zero-order valence-corrected chi connectivity index (χ0v) is 21.9. The number of hydrogen-bond acceptors (Lipinski definition) is 4. The largest absolute Gasteiger partial charge is 0.459 e. The highest BCUT2D eigenvalue weighted by atomic mass is 16.6. The molecule has 0 aromatic heterocycles. The number of esters is 2. The lowest BCUT2D eigenvalue weighted by Gasteiger charge is -2.21. The summed E-state index contributed by atoms with van der Waals surface area (Å²) in [5.41, 5.74) is 0. The molecular formula is C28H54O4. The predicted molar refractivity (Wildman–Crippen MR) is 135 cm³/mol. The van der Waals surface area contributed by atoms with E-state index in [1.54, 1.807) is 0 Å². The van der Waals surface area contributed by atoms with E-state index >= 15 is 0 Å². The fourth-order valence-electron chi connectivity index (χ4n) is 3.88. The molecule has 0 amide bonds. The molecule has 0 aromatic carbocycles. The Bertz CT molecular complexity index is 395. The smallest absolute Gasteiger partial charge is 0.306 e. The molecule has 0 saturated carbocycles. The maximum atomic E-state index is 12.0. The first-order valence-electron chi connectivity index (χ1n) is 13.9. The van der Waals surface area contributed by atoms with Crippen LogP contribution in [0.1, 0.15) is 156 Å². The molecule has 4 nitrogen and oxygen atoms in total. The molecule has 0 radical (unpaired) electrons. The second kappa shape index (κ2) is 23.1. The first-order valence-corrected chi connectivity index (χ1v) is 13.9. The molecule has 0 saturated heterocycles. The van der Waals surface area contributed by atoms with Gasteiger partial charge >= 0.3 is 11.9 Å². The Morgan fingerprint density at radius 3 is 1.00 bits per heavy atom. The summed E-state index contributed by atoms with van der Waals surface area (Å²) in [5.74, 6) is -0.357. The van der Waals surface area contributed by atoms with Gasteiger partial charge < -0.3 is 9.47 Å². The molecule has 0 aliphatic carbocycles. The van der Waals surface area contributed by atoms with Crippen LogP contribution < -0.4 is 0 Å². The molecule has 0 spiro atoms. The van der Waals surface area contributed by atoms with E-state index in [9.17, 15) is 9.59 Å². The van der Waals surface area contributed by atoms with Gasteiger partial charge in [-0.2, -0.15) is 0 Å². The van der Waals surface area contributed by atoms with Gasteiger partial charge in [-0.15, -0.1) is 0 Å². The minimum atomic E-state index is -0.395. The van der Waals surface area contributed by atoms with Gasteiger partial charge in [0.05, 0.1) is 0 Å². The molecule has 0 bridgehead atoms. The quantitative estimate of drug-likeness (QED) is 0.114. The Hall–Kier alpha value is -1.06. The molecule has 4 heteroatoms. The number of unbranched alkanes of at least 4 members (excludes halogenated alkanes) is 16. The Morgan fingerprint density at radius 2 is 0.719 bits per heavy atom. The van der Waals surface area contributed by atoms with Crippen LogP contribution in [0.2, 0.25) is 0 Å². The van der Waals surface area contributed by atoms with E-state index in [1.807, 2.05) is 13.8 Å². The Labute approximate surface area is 199 Å². The highest BCUT2D eigenvalue weighted by Crippen LogP contribution is 2.14. The van der Waals surface area contributed by atoms with Crippen LogP contribution in [-0.2, 0) is 19.1 Å². The molecule has 0 rings (SSSR count). The van der Waals surface area contributed by atoms with Crippen molar-refractivity contribution in [2.75, 3.05) is 0 Å². The van der Waals surface area contributed by atoms with Crippen LogP contribution in [0.5, 0.6) is 0 Å². The average molecular weight is 455 g/mol. The van der Waals surface area contributed by atoms with Crippen LogP contribution >= 0.6 is 0 Å². The number of rotatable bonds is 23. The van der Waals surface area contributed by atoms with Crippen molar-refractivity contribution in [1.29, 1.82) is 0 Å². The van der Waals surface area contributed by atoms with Crippen molar-refractivity contribution in [3.8, 4) is 0 Å². The third kappa shape index (κ3) is 20.8. The molecular weight excluding hydrogens is 400 g/mol. The summed E-state index contributed by atoms with van der Waals surface area (Å²) < 4.78 is 10.9. The molecule has 2 unspecified atom stereocenters. The van der Waals surface area contributed by atoms with Crippen molar-refractivity contribution in [3.05, 3.63) is 0 Å². The fraction of sp³-hybridized carbons (Fsp3) is 0.929. The highest BCUT2D eigenvalue weighted by molar-refractivity contribution is 5.70. The van der Waals surface area contributed by atoms with Crippen LogP contribution in [0, 0.1) is 0 Å². The second-order valence-electron chi connectivity index (χ2n) is 9.55. The summed E-state index contributed by atoms with van der Waals surface area (Å²) in [6.07, 6.45) is 22.2. The number of hydrogen-bond donors (Lipinski definition) is 0. The van der Waals surface area contributed by atoms with Crippen LogP contribution in [0.25, 0.3) is 0 Å². The summed E-state index contributed by atoms with van der Waals surface area (Å²) in [6, 6.07) is 0. The van der Waals surface area contributed by atoms with Gasteiger partial charge in [-0.25, -0.2) is 0 Å². The second-order valence-corrected chi connectivity index (χ2v) is 9.55. The van der Waals surface area contributed by atoms with Crippen molar-refractivity contribution in [2.24, 2.45) is 0 Å². The minimum absolute atomic E-state index is 0.178. The van der Waals surface area contributed by atoms with Gasteiger partial charge in [0.15, 0.2) is 0 Å². The van der Waals surface area contributed by atoms with Crippen molar-refractivity contribution >= 4 is 11.9 Å². The van der Waals surface area contributed by atoms with Gasteiger partial charge in [0.25, 0.3) is 0 Å². The normalized spacial score (nSPS) is 13.0. The first-order chi connectivity index (χ1) is 15.5. The maximum absolute atomic E-state index is 12.0. The molecule has 0 fully saturated rings. The maximum Gasteiger partial charge on any atom is 0.306 e. The van der Waals surface area contributed by atoms with Crippen molar-refractivity contribution in [2.45, 2.75) is 168 Å². The third-order valence-electron chi connectivity index (χ3n) is 6.26. The zero-order chi connectivity index (χ0) is 23.9. The lowest BCUT2D eigenvalue weighted by atomic mass is 10.1. The Kier molecular flexibility index (Phi) is 22.3. The summed E-state index contributed by atoms with van der Waals surface area (Å²) in [6.45, 7) is 8.10. The zero-order valence-electron chi connectivity index (χ0n) is 21.9. The molecule has 190 valence electrons. The Balaban J connectivity index is 3.64. The SMILES string of the molecule is CCCCCCCCCCCC(=O)OC(C)C(C)OC(=O)CCCCCCCCCCC. The minimum Gasteiger partial charge on any atom is -0.459 e. The van der Waals surface area contributed by atoms with Crippen molar-refractivity contribution < 1.29 is 19.1 Å². The fourth-order valence-corrected chi connectivity index (χ4v) is 3.88. The van der Waals surface area contributed by atoms with Crippen molar-refractivity contribution in [1.82, 2.24) is 0 Å². The molecule has 0 aliphatic heterocycles. The number of ether oxygens (including phenoxy) is 2. The molecule has 0 heterocycles. The lowest BCUT2D eigenvalue weighted by molar-refractivity contribution is -0.165. The number of carbonyl (C=O) groups excluding carboxylic acids is 2. The van der Waals surface area contributed by atoms with E-state index in [0.717, 1.165) is 25.7 Å². The van der Waals surface area contributed by atoms with Gasteiger partial charge in [0.1, 0.15) is 12.2 Å². The van der Waals surface area contributed by atoms with E-state index in [-0.39, 0.29) is 11.9 Å². The van der Waals surface area contributed by atoms with Gasteiger partial charge in [-0.05, 0) is 26.7 Å². The van der Waals surface area contributed by atoms with E-state index in [1.165, 1.54) is 89.9 Å². The van der Waals surface area contributed by atoms with Gasteiger partial charge in [0.2, 0.25) is 0 Å². The summed E-state index contributed by atoms with van der Waals surface area (Å²) in [7, 11) is 0. The van der Waals surface area contributed by atoms with E-state index in [0.29, 0.717) is 12.8 Å². The van der Waals surface area contributed by atoms with Crippen LogP contribution in [0.15, 0.2) is 0 Å². The first kappa shape index (κ1) is 30.9. The summed E-state index contributed by atoms with van der Waals surface area (Å²) >= 11 is 0. The van der Waals surface area contributed by atoms with Crippen LogP contribution in [0.3, 0.4) is 0 Å². The van der Waals surface area contributed by atoms with Gasteiger partial charge in [0, 0.05) is 12.8 Å². The lowest BCUT2D eigenvalue weighted by Crippen LogP contribution is -2.30. The van der Waals surface area contributed by atoms with Crippen LogP contribution in [-0.4, -0.2) is 24.1 Å². The third-order valence-corrected chi connectivity index (χ3v) is 6.26. The predicted octanol–water partition coefficient (Wildman–Crippen LogP) is 8.69. The van der Waals surface area contributed by atoms with Crippen LogP contribution in [0.4, 0.5) is 0 Å². The summed E-state index contributed by atoms with van der Waals surface area (Å²) in [4.78, 5) is 24.1. The highest BCUT2D eigenvalue weighted by Gasteiger charge is 2.20. The molecule has 0 N–H and O–H groups in total. The summed E-state index contributed by atoms with van der Waals surface area (Å²) in [5, 5.41) is 0. The van der Waals surface area contributed by atoms with E-state index in [4.69, 9.17) is 9.47 Å². The molecule has 0 aliphatic rings. The van der Waals surface area contributed by atoms with Crippen molar-refractivity contribution in [3.63, 3.8) is 0 Å². The average Bonchev–Trinajstić information content (AvgIpc) is 2.76. The standard InChI is InChI=1S/C28H54O4/c1-5-7-9-11-13-15-17-19-21-23-27(29)31-25(3)26(4)32-28(30)24-22-20-18-16-14-12-10-8-6-2/h25-26H,5-24H2,1-4H3. The number of carbonyl (C=O) groups is 2. The van der Waals surface area contributed by atoms with E-state index in [2.05, 4.69) is 13.8 Å².